The summed E-state index contributed by atoms with van der Waals surface area (Å²) < 4.78 is 0. The Bertz CT molecular complexity index is 820. The van der Waals surface area contributed by atoms with Crippen molar-refractivity contribution < 1.29 is 0 Å². The minimum atomic E-state index is 0.591. The summed E-state index contributed by atoms with van der Waals surface area (Å²) in [6, 6.07) is 14.8. The van der Waals surface area contributed by atoms with E-state index < -0.39 is 0 Å². The van der Waals surface area contributed by atoms with Crippen LogP contribution in [-0.4, -0.2) is 9.97 Å². The van der Waals surface area contributed by atoms with E-state index in [0.717, 1.165) is 16.6 Å². The Morgan fingerprint density at radius 2 is 2.00 bits per heavy atom. The first-order valence-electron chi connectivity index (χ1n) is 6.04. The lowest BCUT2D eigenvalue weighted by molar-refractivity contribution is 1.22. The number of anilines is 3. The molecule has 20 heavy (non-hydrogen) atoms. The zero-order chi connectivity index (χ0) is 13.9. The highest BCUT2D eigenvalue weighted by atomic mass is 15.0. The van der Waals surface area contributed by atoms with Crippen molar-refractivity contribution in [1.29, 1.82) is 5.26 Å². The molecule has 0 aliphatic rings. The van der Waals surface area contributed by atoms with E-state index >= 15 is 0 Å². The third kappa shape index (κ3) is 2.22. The van der Waals surface area contributed by atoms with Gasteiger partial charge in [0.25, 0.3) is 0 Å². The van der Waals surface area contributed by atoms with Gasteiger partial charge in [0, 0.05) is 16.8 Å². The summed E-state index contributed by atoms with van der Waals surface area (Å²) in [5.74, 6) is 0.664. The van der Waals surface area contributed by atoms with Gasteiger partial charge in [-0.3, -0.25) is 0 Å². The van der Waals surface area contributed by atoms with E-state index in [0.29, 0.717) is 17.1 Å². The molecule has 5 nitrogen and oxygen atoms in total. The molecule has 0 atom stereocenters. The molecule has 0 spiro atoms. The monoisotopic (exact) mass is 261 g/mol. The van der Waals surface area contributed by atoms with Gasteiger partial charge in [-0.15, -0.1) is 0 Å². The SMILES string of the molecule is N#Cc1cccc(Nc2ncnc3ccc(N)cc23)c1. The Labute approximate surface area is 115 Å². The number of nitriles is 1. The molecular formula is C15H11N5. The number of nitrogens with one attached hydrogen (secondary N) is 1. The average molecular weight is 261 g/mol. The quantitative estimate of drug-likeness (QED) is 0.692. The molecule has 5 heteroatoms. The summed E-state index contributed by atoms with van der Waals surface area (Å²) in [5.41, 5.74) is 8.66. The van der Waals surface area contributed by atoms with Crippen LogP contribution in [0.1, 0.15) is 5.56 Å². The van der Waals surface area contributed by atoms with Crippen LogP contribution in [0.15, 0.2) is 48.8 Å². The number of fused-ring (bicyclic) bond motifs is 1. The maximum absolute atomic E-state index is 8.92. The summed E-state index contributed by atoms with van der Waals surface area (Å²) in [4.78, 5) is 8.44. The Balaban J connectivity index is 2.06. The van der Waals surface area contributed by atoms with Crippen LogP contribution in [0.5, 0.6) is 0 Å². The lowest BCUT2D eigenvalue weighted by Crippen LogP contribution is -1.97. The maximum Gasteiger partial charge on any atom is 0.141 e. The highest BCUT2D eigenvalue weighted by molar-refractivity contribution is 5.92. The molecule has 0 saturated carbocycles. The van der Waals surface area contributed by atoms with Crippen LogP contribution in [0.4, 0.5) is 17.2 Å². The molecule has 2 aromatic carbocycles. The summed E-state index contributed by atoms with van der Waals surface area (Å²) in [7, 11) is 0. The molecule has 0 unspecified atom stereocenters. The van der Waals surface area contributed by atoms with Crippen LogP contribution in [0, 0.1) is 11.3 Å². The number of aromatic nitrogens is 2. The molecule has 96 valence electrons. The second kappa shape index (κ2) is 4.86. The molecule has 0 bridgehead atoms. The predicted octanol–water partition coefficient (Wildman–Crippen LogP) is 2.83. The molecule has 0 aliphatic carbocycles. The van der Waals surface area contributed by atoms with Gasteiger partial charge in [-0.1, -0.05) is 6.07 Å². The smallest absolute Gasteiger partial charge is 0.141 e. The standard InChI is InChI=1S/C15H11N5/c16-8-10-2-1-3-12(6-10)20-15-13-7-11(17)4-5-14(13)18-9-19-15/h1-7,9H,17H2,(H,18,19,20). The Hall–Kier alpha value is -3.13. The van der Waals surface area contributed by atoms with E-state index in [2.05, 4.69) is 21.4 Å². The molecular weight excluding hydrogens is 250 g/mol. The highest BCUT2D eigenvalue weighted by Crippen LogP contribution is 2.24. The van der Waals surface area contributed by atoms with Gasteiger partial charge in [-0.25, -0.2) is 9.97 Å². The summed E-state index contributed by atoms with van der Waals surface area (Å²) >= 11 is 0. The topological polar surface area (TPSA) is 87.6 Å². The number of nitrogens with zero attached hydrogens (tertiary/aromatic N) is 3. The zero-order valence-electron chi connectivity index (χ0n) is 10.5. The van der Waals surface area contributed by atoms with Gasteiger partial charge in [0.15, 0.2) is 0 Å². The van der Waals surface area contributed by atoms with Gasteiger partial charge in [-0.05, 0) is 36.4 Å². The second-order valence-corrected chi connectivity index (χ2v) is 4.32. The van der Waals surface area contributed by atoms with Crippen molar-refractivity contribution in [2.24, 2.45) is 0 Å². The average Bonchev–Trinajstić information content (AvgIpc) is 2.48. The van der Waals surface area contributed by atoms with Crippen molar-refractivity contribution in [1.82, 2.24) is 9.97 Å². The van der Waals surface area contributed by atoms with Crippen LogP contribution in [-0.2, 0) is 0 Å². The Morgan fingerprint density at radius 1 is 1.10 bits per heavy atom. The first-order chi connectivity index (χ1) is 9.76. The van der Waals surface area contributed by atoms with Gasteiger partial charge in [0.1, 0.15) is 12.1 Å². The fraction of sp³-hybridized carbons (Fsp3) is 0. The fourth-order valence-electron chi connectivity index (χ4n) is 1.98. The van der Waals surface area contributed by atoms with Crippen LogP contribution in [0.25, 0.3) is 10.9 Å². The first kappa shape index (κ1) is 11.9. The lowest BCUT2D eigenvalue weighted by Gasteiger charge is -2.08. The molecule has 1 aromatic heterocycles. The van der Waals surface area contributed by atoms with Crippen LogP contribution in [0.2, 0.25) is 0 Å². The molecule has 0 aliphatic heterocycles. The summed E-state index contributed by atoms with van der Waals surface area (Å²) in [6.07, 6.45) is 1.50. The first-order valence-corrected chi connectivity index (χ1v) is 6.04. The van der Waals surface area contributed by atoms with Crippen LogP contribution >= 0.6 is 0 Å². The molecule has 3 aromatic rings. The Morgan fingerprint density at radius 3 is 2.85 bits per heavy atom. The van der Waals surface area contributed by atoms with E-state index in [1.54, 1.807) is 18.2 Å². The summed E-state index contributed by atoms with van der Waals surface area (Å²) in [5, 5.41) is 12.9. The predicted molar refractivity (Wildman–Crippen MR) is 78.4 cm³/mol. The van der Waals surface area contributed by atoms with Gasteiger partial charge in [0.2, 0.25) is 0 Å². The number of hydrogen-bond donors (Lipinski definition) is 2. The maximum atomic E-state index is 8.92. The van der Waals surface area contributed by atoms with Gasteiger partial charge in [-0.2, -0.15) is 5.26 Å². The summed E-state index contributed by atoms with van der Waals surface area (Å²) in [6.45, 7) is 0. The third-order valence-electron chi connectivity index (χ3n) is 2.91. The Kier molecular flexibility index (Phi) is 2.90. The number of benzene rings is 2. The van der Waals surface area contributed by atoms with Gasteiger partial charge in [0.05, 0.1) is 17.1 Å². The van der Waals surface area contributed by atoms with Crippen molar-refractivity contribution in [3.63, 3.8) is 0 Å². The number of rotatable bonds is 2. The van der Waals surface area contributed by atoms with Crippen molar-refractivity contribution >= 4 is 28.1 Å². The third-order valence-corrected chi connectivity index (χ3v) is 2.91. The van der Waals surface area contributed by atoms with Crippen LogP contribution < -0.4 is 11.1 Å². The van der Waals surface area contributed by atoms with E-state index in [9.17, 15) is 0 Å². The van der Waals surface area contributed by atoms with Crippen molar-refractivity contribution in [2.45, 2.75) is 0 Å². The van der Waals surface area contributed by atoms with Crippen molar-refractivity contribution in [3.05, 3.63) is 54.4 Å². The molecule has 0 saturated heterocycles. The van der Waals surface area contributed by atoms with E-state index in [-0.39, 0.29) is 0 Å². The highest BCUT2D eigenvalue weighted by Gasteiger charge is 2.05. The zero-order valence-corrected chi connectivity index (χ0v) is 10.5. The second-order valence-electron chi connectivity index (χ2n) is 4.32. The molecule has 0 fully saturated rings. The number of nitrogen functional groups attached to an aromatic ring is 1. The van der Waals surface area contributed by atoms with Gasteiger partial charge < -0.3 is 11.1 Å². The lowest BCUT2D eigenvalue weighted by atomic mass is 10.2. The van der Waals surface area contributed by atoms with E-state index in [1.807, 2.05) is 24.3 Å². The number of nitrogens with two attached hydrogens (primary N) is 1. The minimum absolute atomic E-state index is 0.591. The largest absolute Gasteiger partial charge is 0.399 e. The van der Waals surface area contributed by atoms with E-state index in [4.69, 9.17) is 11.0 Å². The van der Waals surface area contributed by atoms with Crippen molar-refractivity contribution in [3.8, 4) is 6.07 Å². The number of hydrogen-bond acceptors (Lipinski definition) is 5. The van der Waals surface area contributed by atoms with Gasteiger partial charge >= 0.3 is 0 Å². The molecule has 3 N–H and O–H groups in total. The molecule has 0 amide bonds. The molecule has 1 heterocycles. The molecule has 0 radical (unpaired) electrons. The fourth-order valence-corrected chi connectivity index (χ4v) is 1.98. The van der Waals surface area contributed by atoms with Crippen LogP contribution in [0.3, 0.4) is 0 Å². The normalized spacial score (nSPS) is 10.2. The van der Waals surface area contributed by atoms with Crippen molar-refractivity contribution in [2.75, 3.05) is 11.1 Å². The minimum Gasteiger partial charge on any atom is -0.399 e. The molecule has 3 rings (SSSR count). The van der Waals surface area contributed by atoms with E-state index in [1.165, 1.54) is 6.33 Å².